The summed E-state index contributed by atoms with van der Waals surface area (Å²) in [7, 11) is -3.13. The lowest BCUT2D eigenvalue weighted by Gasteiger charge is -2.25. The van der Waals surface area contributed by atoms with Crippen molar-refractivity contribution in [2.75, 3.05) is 12.8 Å². The maximum Gasteiger partial charge on any atom is 0.153 e. The number of benzene rings is 1. The lowest BCUT2D eigenvalue weighted by atomic mass is 10.1. The fourth-order valence-corrected chi connectivity index (χ4v) is 1.87. The van der Waals surface area contributed by atoms with Gasteiger partial charge in [-0.05, 0) is 44.9 Å². The first-order chi connectivity index (χ1) is 8.54. The number of hydrogen-bond acceptors (Lipinski definition) is 3. The molecule has 0 aliphatic rings. The Kier molecular flexibility index (Phi) is 4.74. The summed E-state index contributed by atoms with van der Waals surface area (Å²) in [6.45, 7) is 7.28. The van der Waals surface area contributed by atoms with Crippen molar-refractivity contribution in [3.05, 3.63) is 35.1 Å². The number of rotatable bonds is 5. The first kappa shape index (κ1) is 16.1. The molecule has 0 aliphatic heterocycles. The minimum Gasteiger partial charge on any atom is -0.309 e. The van der Waals surface area contributed by atoms with Gasteiger partial charge in [0.15, 0.2) is 9.84 Å². The van der Waals surface area contributed by atoms with Gasteiger partial charge in [0.2, 0.25) is 0 Å². The maximum atomic E-state index is 13.5. The van der Waals surface area contributed by atoms with Gasteiger partial charge in [0, 0.05) is 18.8 Å². The van der Waals surface area contributed by atoms with Crippen LogP contribution in [-0.2, 0) is 9.84 Å². The third kappa shape index (κ3) is 4.01. The summed E-state index contributed by atoms with van der Waals surface area (Å²) in [5.41, 5.74) is 1.42. The number of aryl methyl sites for hydroxylation is 1. The largest absolute Gasteiger partial charge is 0.309 e. The molecule has 1 unspecified atom stereocenters. The van der Waals surface area contributed by atoms with Crippen molar-refractivity contribution < 1.29 is 12.8 Å². The summed E-state index contributed by atoms with van der Waals surface area (Å²) in [5.74, 6) is -0.242. The zero-order chi connectivity index (χ0) is 14.8. The molecular formula is C14H22FNO2S. The Morgan fingerprint density at radius 2 is 1.95 bits per heavy atom. The van der Waals surface area contributed by atoms with Gasteiger partial charge in [-0.3, -0.25) is 0 Å². The molecular weight excluding hydrogens is 265 g/mol. The van der Waals surface area contributed by atoms with Gasteiger partial charge in [0.05, 0.1) is 4.75 Å². The smallest absolute Gasteiger partial charge is 0.153 e. The van der Waals surface area contributed by atoms with Crippen molar-refractivity contribution in [3.63, 3.8) is 0 Å². The summed E-state index contributed by atoms with van der Waals surface area (Å²) >= 11 is 0. The van der Waals surface area contributed by atoms with Crippen LogP contribution in [0.5, 0.6) is 0 Å². The second-order valence-electron chi connectivity index (χ2n) is 5.64. The molecule has 1 aromatic rings. The van der Waals surface area contributed by atoms with Gasteiger partial charge < -0.3 is 5.32 Å². The van der Waals surface area contributed by atoms with Gasteiger partial charge in [-0.1, -0.05) is 12.1 Å². The molecule has 0 aliphatic carbocycles. The Balaban J connectivity index is 2.76. The normalized spacial score (nSPS) is 14.4. The zero-order valence-corrected chi connectivity index (χ0v) is 12.9. The molecule has 108 valence electrons. The van der Waals surface area contributed by atoms with E-state index in [1.807, 2.05) is 13.0 Å². The van der Waals surface area contributed by atoms with Crippen LogP contribution >= 0.6 is 0 Å². The third-order valence-corrected chi connectivity index (χ3v) is 5.69. The standard InChI is InChI=1S/C14H22FNO2S/c1-10-6-7-12(8-13(10)15)11(2)16-9-14(3,4)19(5,17)18/h6-8,11,16H,9H2,1-5H3. The predicted octanol–water partition coefficient (Wildman–Crippen LogP) is 2.61. The maximum absolute atomic E-state index is 13.5. The molecule has 1 aromatic carbocycles. The van der Waals surface area contributed by atoms with Crippen molar-refractivity contribution in [1.82, 2.24) is 5.32 Å². The summed E-state index contributed by atoms with van der Waals surface area (Å²) < 4.78 is 35.8. The lowest BCUT2D eigenvalue weighted by Crippen LogP contribution is -2.42. The molecule has 0 saturated carbocycles. The van der Waals surface area contributed by atoms with E-state index >= 15 is 0 Å². The highest BCUT2D eigenvalue weighted by Crippen LogP contribution is 2.19. The van der Waals surface area contributed by atoms with Gasteiger partial charge in [-0.15, -0.1) is 0 Å². The van der Waals surface area contributed by atoms with E-state index in [1.165, 1.54) is 12.3 Å². The molecule has 0 fully saturated rings. The molecule has 5 heteroatoms. The number of hydrogen-bond donors (Lipinski definition) is 1. The first-order valence-electron chi connectivity index (χ1n) is 6.23. The van der Waals surface area contributed by atoms with E-state index in [0.29, 0.717) is 12.1 Å². The third-order valence-electron chi connectivity index (χ3n) is 3.53. The zero-order valence-electron chi connectivity index (χ0n) is 12.1. The van der Waals surface area contributed by atoms with Crippen molar-refractivity contribution in [2.45, 2.75) is 38.5 Å². The van der Waals surface area contributed by atoms with Crippen LogP contribution in [0, 0.1) is 12.7 Å². The Labute approximate surface area is 115 Å². The quantitative estimate of drug-likeness (QED) is 0.905. The number of halogens is 1. The Morgan fingerprint density at radius 1 is 1.37 bits per heavy atom. The Hall–Kier alpha value is -0.940. The van der Waals surface area contributed by atoms with Crippen molar-refractivity contribution >= 4 is 9.84 Å². The van der Waals surface area contributed by atoms with E-state index in [-0.39, 0.29) is 11.9 Å². The van der Waals surface area contributed by atoms with Gasteiger partial charge in [0.25, 0.3) is 0 Å². The highest BCUT2D eigenvalue weighted by molar-refractivity contribution is 7.92. The van der Waals surface area contributed by atoms with Crippen LogP contribution in [0.3, 0.4) is 0 Å². The summed E-state index contributed by atoms with van der Waals surface area (Å²) in [5, 5.41) is 3.15. The molecule has 19 heavy (non-hydrogen) atoms. The van der Waals surface area contributed by atoms with E-state index in [9.17, 15) is 12.8 Å². The van der Waals surface area contributed by atoms with Crippen LogP contribution < -0.4 is 5.32 Å². The van der Waals surface area contributed by atoms with Gasteiger partial charge in [0.1, 0.15) is 5.82 Å². The van der Waals surface area contributed by atoms with Crippen LogP contribution in [-0.4, -0.2) is 26.0 Å². The summed E-state index contributed by atoms with van der Waals surface area (Å²) in [6.07, 6.45) is 1.23. The average molecular weight is 287 g/mol. The highest BCUT2D eigenvalue weighted by Gasteiger charge is 2.30. The molecule has 1 N–H and O–H groups in total. The Morgan fingerprint density at radius 3 is 2.42 bits per heavy atom. The van der Waals surface area contributed by atoms with Crippen LogP contribution in [0.2, 0.25) is 0 Å². The monoisotopic (exact) mass is 287 g/mol. The second kappa shape index (κ2) is 5.59. The van der Waals surface area contributed by atoms with E-state index < -0.39 is 14.6 Å². The minimum absolute atomic E-state index is 0.101. The average Bonchev–Trinajstić information content (AvgIpc) is 2.28. The summed E-state index contributed by atoms with van der Waals surface area (Å²) in [4.78, 5) is 0. The van der Waals surface area contributed by atoms with E-state index in [4.69, 9.17) is 0 Å². The van der Waals surface area contributed by atoms with Crippen LogP contribution in [0.25, 0.3) is 0 Å². The molecule has 0 radical (unpaired) electrons. The van der Waals surface area contributed by atoms with Crippen LogP contribution in [0.15, 0.2) is 18.2 Å². The molecule has 0 saturated heterocycles. The molecule has 1 rings (SSSR count). The lowest BCUT2D eigenvalue weighted by molar-refractivity contribution is 0.487. The van der Waals surface area contributed by atoms with Crippen LogP contribution in [0.1, 0.15) is 37.9 Å². The van der Waals surface area contributed by atoms with E-state index in [0.717, 1.165) is 5.56 Å². The molecule has 3 nitrogen and oxygen atoms in total. The SMILES string of the molecule is Cc1ccc(C(C)NCC(C)(C)S(C)(=O)=O)cc1F. The number of nitrogens with one attached hydrogen (secondary N) is 1. The van der Waals surface area contributed by atoms with Crippen molar-refractivity contribution in [2.24, 2.45) is 0 Å². The second-order valence-corrected chi connectivity index (χ2v) is 8.29. The fraction of sp³-hybridized carbons (Fsp3) is 0.571. The molecule has 1 atom stereocenters. The highest BCUT2D eigenvalue weighted by atomic mass is 32.2. The number of sulfone groups is 1. The molecule has 0 amide bonds. The van der Waals surface area contributed by atoms with Gasteiger partial charge in [-0.25, -0.2) is 12.8 Å². The predicted molar refractivity (Wildman–Crippen MR) is 76.5 cm³/mol. The van der Waals surface area contributed by atoms with Crippen molar-refractivity contribution in [3.8, 4) is 0 Å². The molecule has 0 spiro atoms. The van der Waals surface area contributed by atoms with Gasteiger partial charge >= 0.3 is 0 Å². The molecule has 0 heterocycles. The first-order valence-corrected chi connectivity index (χ1v) is 8.13. The molecule has 0 aromatic heterocycles. The summed E-state index contributed by atoms with van der Waals surface area (Å²) in [6, 6.07) is 4.96. The van der Waals surface area contributed by atoms with E-state index in [1.54, 1.807) is 26.8 Å². The van der Waals surface area contributed by atoms with Gasteiger partial charge in [-0.2, -0.15) is 0 Å². The molecule has 0 bridgehead atoms. The minimum atomic E-state index is -3.13. The van der Waals surface area contributed by atoms with E-state index in [2.05, 4.69) is 5.32 Å². The van der Waals surface area contributed by atoms with Crippen LogP contribution in [0.4, 0.5) is 4.39 Å². The fourth-order valence-electron chi connectivity index (χ4n) is 1.53. The van der Waals surface area contributed by atoms with Crippen molar-refractivity contribution in [1.29, 1.82) is 0 Å². The Bertz CT molecular complexity index is 553. The topological polar surface area (TPSA) is 46.2 Å².